The van der Waals surface area contributed by atoms with Gasteiger partial charge < -0.3 is 10.4 Å². The zero-order valence-corrected chi connectivity index (χ0v) is 23.4. The molecule has 0 amide bonds. The molecule has 0 heterocycles. The molecule has 3 nitrogen and oxygen atoms in total. The molecule has 3 heteroatoms. The molecule has 0 radical (unpaired) electrons. The van der Waals surface area contributed by atoms with Crippen molar-refractivity contribution in [2.45, 2.75) is 180 Å². The fourth-order valence-corrected chi connectivity index (χ4v) is 4.86. The lowest BCUT2D eigenvalue weighted by atomic mass is 10.0. The Labute approximate surface area is 214 Å². The summed E-state index contributed by atoms with van der Waals surface area (Å²) in [5.74, 6) is -0.664. The zero-order valence-electron chi connectivity index (χ0n) is 23.4. The zero-order chi connectivity index (χ0) is 24.8. The summed E-state index contributed by atoms with van der Waals surface area (Å²) < 4.78 is 0. The molecule has 0 aliphatic heterocycles. The van der Waals surface area contributed by atoms with Crippen molar-refractivity contribution >= 4 is 5.97 Å². The molecule has 0 bridgehead atoms. The van der Waals surface area contributed by atoms with E-state index in [0.717, 1.165) is 32.4 Å². The van der Waals surface area contributed by atoms with Crippen LogP contribution in [-0.2, 0) is 4.79 Å². The highest BCUT2D eigenvalue weighted by atomic mass is 16.4. The van der Waals surface area contributed by atoms with E-state index in [0.29, 0.717) is 6.42 Å². The number of nitrogens with one attached hydrogen (secondary N) is 1. The van der Waals surface area contributed by atoms with E-state index in [9.17, 15) is 4.79 Å². The minimum atomic E-state index is -0.664. The predicted molar refractivity (Wildman–Crippen MR) is 151 cm³/mol. The highest BCUT2D eigenvalue weighted by Gasteiger charge is 1.97. The van der Waals surface area contributed by atoms with Crippen molar-refractivity contribution in [1.29, 1.82) is 0 Å². The first-order valence-corrected chi connectivity index (χ1v) is 15.7. The molecular formula is C31H63NO2. The van der Waals surface area contributed by atoms with Crippen LogP contribution in [0.2, 0.25) is 0 Å². The molecule has 0 aromatic rings. The summed E-state index contributed by atoms with van der Waals surface area (Å²) in [6, 6.07) is 0. The average molecular weight is 482 g/mol. The number of carboxylic acids is 1. The van der Waals surface area contributed by atoms with Crippen LogP contribution in [-0.4, -0.2) is 24.2 Å². The van der Waals surface area contributed by atoms with E-state index in [4.69, 9.17) is 5.11 Å². The number of hydrogen-bond acceptors (Lipinski definition) is 2. The summed E-state index contributed by atoms with van der Waals surface area (Å²) in [6.45, 7) is 4.53. The maximum absolute atomic E-state index is 10.4. The number of carbonyl (C=O) groups is 1. The fraction of sp³-hybridized carbons (Fsp3) is 0.968. The van der Waals surface area contributed by atoms with Crippen LogP contribution in [0.5, 0.6) is 0 Å². The van der Waals surface area contributed by atoms with E-state index in [1.54, 1.807) is 0 Å². The highest BCUT2D eigenvalue weighted by molar-refractivity contribution is 5.66. The second-order valence-electron chi connectivity index (χ2n) is 10.7. The van der Waals surface area contributed by atoms with Gasteiger partial charge in [0.15, 0.2) is 0 Å². The smallest absolute Gasteiger partial charge is 0.303 e. The molecule has 0 saturated heterocycles. The van der Waals surface area contributed by atoms with Crippen molar-refractivity contribution in [3.05, 3.63) is 0 Å². The first kappa shape index (κ1) is 33.4. The Morgan fingerprint density at radius 1 is 0.441 bits per heavy atom. The Balaban J connectivity index is 3.01. The fourth-order valence-electron chi connectivity index (χ4n) is 4.86. The molecule has 0 saturated carbocycles. The maximum Gasteiger partial charge on any atom is 0.303 e. The summed E-state index contributed by atoms with van der Waals surface area (Å²) in [7, 11) is 0. The van der Waals surface area contributed by atoms with Gasteiger partial charge in [-0.2, -0.15) is 0 Å². The minimum Gasteiger partial charge on any atom is -0.481 e. The van der Waals surface area contributed by atoms with Gasteiger partial charge in [-0.1, -0.05) is 155 Å². The predicted octanol–water partition coefficient (Wildman–Crippen LogP) is 10.2. The SMILES string of the molecule is CCCCCCCCCCCCCCCCCCCCCCCCNCCCCCCC(=O)O. The number of unbranched alkanes of at least 4 members (excludes halogenated alkanes) is 24. The quantitative estimate of drug-likeness (QED) is 0.100. The summed E-state index contributed by atoms with van der Waals surface area (Å²) in [6.07, 6.45) is 36.2. The molecule has 2 N–H and O–H groups in total. The Hall–Kier alpha value is -0.570. The van der Waals surface area contributed by atoms with Crippen LogP contribution < -0.4 is 5.32 Å². The van der Waals surface area contributed by atoms with Crippen LogP contribution in [0.1, 0.15) is 180 Å². The van der Waals surface area contributed by atoms with Crippen molar-refractivity contribution in [3.8, 4) is 0 Å². The van der Waals surface area contributed by atoms with Crippen molar-refractivity contribution in [2.75, 3.05) is 13.1 Å². The molecule has 204 valence electrons. The third-order valence-corrected chi connectivity index (χ3v) is 7.20. The van der Waals surface area contributed by atoms with Gasteiger partial charge in [0.25, 0.3) is 0 Å². The van der Waals surface area contributed by atoms with Gasteiger partial charge in [-0.15, -0.1) is 0 Å². The molecule has 0 rings (SSSR count). The number of rotatable bonds is 30. The Morgan fingerprint density at radius 2 is 0.706 bits per heavy atom. The van der Waals surface area contributed by atoms with Gasteiger partial charge in [0.05, 0.1) is 0 Å². The van der Waals surface area contributed by atoms with Crippen LogP contribution in [0.15, 0.2) is 0 Å². The first-order chi connectivity index (χ1) is 16.8. The maximum atomic E-state index is 10.4. The van der Waals surface area contributed by atoms with E-state index in [2.05, 4.69) is 12.2 Å². The van der Waals surface area contributed by atoms with Gasteiger partial charge in [0, 0.05) is 6.42 Å². The van der Waals surface area contributed by atoms with Crippen molar-refractivity contribution in [3.63, 3.8) is 0 Å². The highest BCUT2D eigenvalue weighted by Crippen LogP contribution is 2.15. The van der Waals surface area contributed by atoms with E-state index >= 15 is 0 Å². The Kier molecular flexibility index (Phi) is 30.0. The van der Waals surface area contributed by atoms with Gasteiger partial charge in [-0.25, -0.2) is 0 Å². The van der Waals surface area contributed by atoms with Crippen LogP contribution in [0.4, 0.5) is 0 Å². The molecule has 0 aliphatic rings. The van der Waals surface area contributed by atoms with Crippen molar-refractivity contribution < 1.29 is 9.90 Å². The molecule has 0 aromatic heterocycles. The molecule has 0 aromatic carbocycles. The average Bonchev–Trinajstić information content (AvgIpc) is 2.83. The summed E-state index contributed by atoms with van der Waals surface area (Å²) >= 11 is 0. The number of hydrogen-bond donors (Lipinski definition) is 2. The summed E-state index contributed by atoms with van der Waals surface area (Å²) in [4.78, 5) is 10.4. The third-order valence-electron chi connectivity index (χ3n) is 7.20. The van der Waals surface area contributed by atoms with Gasteiger partial charge in [0.2, 0.25) is 0 Å². The van der Waals surface area contributed by atoms with E-state index < -0.39 is 5.97 Å². The molecule has 0 fully saturated rings. The lowest BCUT2D eigenvalue weighted by Crippen LogP contribution is -2.16. The molecule has 0 aliphatic carbocycles. The minimum absolute atomic E-state index is 0.326. The second-order valence-corrected chi connectivity index (χ2v) is 10.7. The Morgan fingerprint density at radius 3 is 1.00 bits per heavy atom. The monoisotopic (exact) mass is 481 g/mol. The lowest BCUT2D eigenvalue weighted by Gasteiger charge is -2.05. The Bertz CT molecular complexity index is 386. The summed E-state index contributed by atoms with van der Waals surface area (Å²) in [5.41, 5.74) is 0. The topological polar surface area (TPSA) is 49.3 Å². The van der Waals surface area contributed by atoms with E-state index in [1.807, 2.05) is 0 Å². The summed E-state index contributed by atoms with van der Waals surface area (Å²) in [5, 5.41) is 12.1. The first-order valence-electron chi connectivity index (χ1n) is 15.7. The van der Waals surface area contributed by atoms with Crippen LogP contribution in [0, 0.1) is 0 Å². The second kappa shape index (κ2) is 30.5. The van der Waals surface area contributed by atoms with Gasteiger partial charge >= 0.3 is 5.97 Å². The van der Waals surface area contributed by atoms with Crippen LogP contribution in [0.3, 0.4) is 0 Å². The van der Waals surface area contributed by atoms with Gasteiger partial charge in [-0.05, 0) is 32.4 Å². The van der Waals surface area contributed by atoms with E-state index in [-0.39, 0.29) is 0 Å². The molecular weight excluding hydrogens is 418 g/mol. The number of aliphatic carboxylic acids is 1. The third kappa shape index (κ3) is 31.4. The van der Waals surface area contributed by atoms with Crippen molar-refractivity contribution in [2.24, 2.45) is 0 Å². The van der Waals surface area contributed by atoms with Crippen molar-refractivity contribution in [1.82, 2.24) is 5.32 Å². The molecule has 34 heavy (non-hydrogen) atoms. The molecule has 0 unspecified atom stereocenters. The van der Waals surface area contributed by atoms with Crippen LogP contribution in [0.25, 0.3) is 0 Å². The lowest BCUT2D eigenvalue weighted by molar-refractivity contribution is -0.137. The normalized spacial score (nSPS) is 11.3. The standard InChI is InChI=1S/C31H63NO2/c1-2-3-4-5-6-7-8-9-10-11-12-13-14-15-16-17-18-19-20-21-23-26-29-32-30-27-24-22-25-28-31(33)34/h32H,2-30H2,1H3,(H,33,34). The largest absolute Gasteiger partial charge is 0.481 e. The van der Waals surface area contributed by atoms with Crippen LogP contribution >= 0.6 is 0 Å². The molecule has 0 atom stereocenters. The molecule has 0 spiro atoms. The van der Waals surface area contributed by atoms with E-state index in [1.165, 1.54) is 148 Å². The van der Waals surface area contributed by atoms with Gasteiger partial charge in [-0.3, -0.25) is 4.79 Å². The van der Waals surface area contributed by atoms with Gasteiger partial charge in [0.1, 0.15) is 0 Å². The number of carboxylic acid groups (broad SMARTS) is 1.